The highest BCUT2D eigenvalue weighted by Crippen LogP contribution is 2.23. The molecule has 1 unspecified atom stereocenters. The average molecular weight is 261 g/mol. The van der Waals surface area contributed by atoms with Crippen molar-refractivity contribution in [3.8, 4) is 5.75 Å². The summed E-state index contributed by atoms with van der Waals surface area (Å²) in [5, 5.41) is 7.10. The molecular weight excluding hydrogens is 242 g/mol. The van der Waals surface area contributed by atoms with Gasteiger partial charge < -0.3 is 14.6 Å². The first-order valence-electron chi connectivity index (χ1n) is 6.42. The molecule has 2 aromatic rings. The molecule has 1 aromatic carbocycles. The number of ether oxygens (including phenoxy) is 1. The van der Waals surface area contributed by atoms with Gasteiger partial charge in [-0.05, 0) is 37.6 Å². The van der Waals surface area contributed by atoms with Crippen LogP contribution in [-0.2, 0) is 6.61 Å². The maximum absolute atomic E-state index is 5.67. The van der Waals surface area contributed by atoms with Gasteiger partial charge in [0.25, 0.3) is 0 Å². The van der Waals surface area contributed by atoms with Gasteiger partial charge in [-0.25, -0.2) is 0 Å². The number of aromatic nitrogens is 2. The second kappa shape index (κ2) is 6.33. The Morgan fingerprint density at radius 3 is 2.89 bits per heavy atom. The lowest BCUT2D eigenvalue weighted by Crippen LogP contribution is -2.17. The summed E-state index contributed by atoms with van der Waals surface area (Å²) in [7, 11) is 0. The highest BCUT2D eigenvalue weighted by Gasteiger charge is 2.08. The van der Waals surface area contributed by atoms with E-state index in [1.54, 1.807) is 0 Å². The molecule has 1 aromatic heterocycles. The fourth-order valence-corrected chi connectivity index (χ4v) is 1.93. The van der Waals surface area contributed by atoms with Gasteiger partial charge in [-0.1, -0.05) is 24.2 Å². The van der Waals surface area contributed by atoms with E-state index >= 15 is 0 Å². The molecule has 5 nitrogen and oxygen atoms in total. The van der Waals surface area contributed by atoms with Crippen molar-refractivity contribution in [2.45, 2.75) is 33.4 Å². The lowest BCUT2D eigenvalue weighted by Gasteiger charge is -2.15. The number of hydrogen-bond acceptors (Lipinski definition) is 5. The first-order valence-corrected chi connectivity index (χ1v) is 6.42. The third-order valence-corrected chi connectivity index (χ3v) is 2.97. The van der Waals surface area contributed by atoms with Crippen molar-refractivity contribution < 1.29 is 9.26 Å². The summed E-state index contributed by atoms with van der Waals surface area (Å²) < 4.78 is 10.3. The Labute approximate surface area is 113 Å². The van der Waals surface area contributed by atoms with E-state index in [4.69, 9.17) is 4.74 Å². The second-order valence-electron chi connectivity index (χ2n) is 4.44. The molecule has 0 fully saturated rings. The van der Waals surface area contributed by atoms with Crippen LogP contribution in [0.2, 0.25) is 0 Å². The van der Waals surface area contributed by atoms with Crippen LogP contribution in [-0.4, -0.2) is 16.7 Å². The van der Waals surface area contributed by atoms with Gasteiger partial charge in [-0.15, -0.1) is 0 Å². The fraction of sp³-hybridized carbons (Fsp3) is 0.429. The molecule has 102 valence electrons. The van der Waals surface area contributed by atoms with E-state index < -0.39 is 0 Å². The van der Waals surface area contributed by atoms with E-state index in [1.807, 2.05) is 13.0 Å². The number of benzene rings is 1. The first-order chi connectivity index (χ1) is 9.20. The summed E-state index contributed by atoms with van der Waals surface area (Å²) in [5.74, 6) is 1.39. The average Bonchev–Trinajstić information content (AvgIpc) is 2.90. The zero-order valence-corrected chi connectivity index (χ0v) is 11.5. The predicted octanol–water partition coefficient (Wildman–Crippen LogP) is 2.63. The van der Waals surface area contributed by atoms with Gasteiger partial charge in [0, 0.05) is 6.04 Å². The standard InChI is InChI=1S/C14H19N3O2/c1-4-15-11(3)12-5-6-13(10(2)7-12)18-8-14-16-9-19-17-14/h5-7,9,11,15H,4,8H2,1-3H3. The molecule has 0 amide bonds. The summed E-state index contributed by atoms with van der Waals surface area (Å²) in [5.41, 5.74) is 2.36. The van der Waals surface area contributed by atoms with E-state index in [0.717, 1.165) is 17.9 Å². The first kappa shape index (κ1) is 13.5. The van der Waals surface area contributed by atoms with Gasteiger partial charge in [0.2, 0.25) is 12.2 Å². The monoisotopic (exact) mass is 261 g/mol. The molecule has 0 saturated carbocycles. The number of nitrogens with zero attached hydrogens (tertiary/aromatic N) is 2. The fourth-order valence-electron chi connectivity index (χ4n) is 1.93. The van der Waals surface area contributed by atoms with Crippen molar-refractivity contribution in [2.24, 2.45) is 0 Å². The van der Waals surface area contributed by atoms with Gasteiger partial charge in [-0.2, -0.15) is 4.98 Å². The molecule has 0 aliphatic rings. The van der Waals surface area contributed by atoms with Crippen molar-refractivity contribution in [3.05, 3.63) is 41.5 Å². The highest BCUT2D eigenvalue weighted by atomic mass is 16.5. The second-order valence-corrected chi connectivity index (χ2v) is 4.44. The van der Waals surface area contributed by atoms with E-state index in [2.05, 4.69) is 46.0 Å². The normalized spacial score (nSPS) is 12.4. The predicted molar refractivity (Wildman–Crippen MR) is 71.9 cm³/mol. The minimum absolute atomic E-state index is 0.319. The van der Waals surface area contributed by atoms with Crippen LogP contribution >= 0.6 is 0 Å². The molecule has 5 heteroatoms. The molecule has 0 bridgehead atoms. The van der Waals surface area contributed by atoms with Crippen LogP contribution < -0.4 is 10.1 Å². The SMILES string of the molecule is CCNC(C)c1ccc(OCc2ncon2)c(C)c1. The van der Waals surface area contributed by atoms with Gasteiger partial charge in [0.1, 0.15) is 5.75 Å². The van der Waals surface area contributed by atoms with Gasteiger partial charge in [0.05, 0.1) is 0 Å². The van der Waals surface area contributed by atoms with Gasteiger partial charge in [-0.3, -0.25) is 0 Å². The van der Waals surface area contributed by atoms with Crippen molar-refractivity contribution in [1.29, 1.82) is 0 Å². The topological polar surface area (TPSA) is 60.2 Å². The molecule has 1 N–H and O–H groups in total. The van der Waals surface area contributed by atoms with Crippen LogP contribution in [0.3, 0.4) is 0 Å². The summed E-state index contributed by atoms with van der Waals surface area (Å²) in [6, 6.07) is 6.54. The minimum Gasteiger partial charge on any atom is -0.485 e. The maximum Gasteiger partial charge on any atom is 0.213 e. The third-order valence-electron chi connectivity index (χ3n) is 2.97. The van der Waals surface area contributed by atoms with E-state index in [0.29, 0.717) is 18.5 Å². The molecule has 0 saturated heterocycles. The number of aryl methyl sites for hydroxylation is 1. The Kier molecular flexibility index (Phi) is 4.52. The molecule has 0 aliphatic heterocycles. The van der Waals surface area contributed by atoms with Crippen LogP contribution in [0.4, 0.5) is 0 Å². The quantitative estimate of drug-likeness (QED) is 0.866. The van der Waals surface area contributed by atoms with Crippen LogP contribution in [0.1, 0.15) is 36.8 Å². The smallest absolute Gasteiger partial charge is 0.213 e. The Morgan fingerprint density at radius 2 is 2.26 bits per heavy atom. The molecule has 1 atom stereocenters. The lowest BCUT2D eigenvalue weighted by atomic mass is 10.1. The summed E-state index contributed by atoms with van der Waals surface area (Å²) in [4.78, 5) is 3.92. The highest BCUT2D eigenvalue weighted by molar-refractivity contribution is 5.37. The van der Waals surface area contributed by atoms with Gasteiger partial charge in [0.15, 0.2) is 6.61 Å². The maximum atomic E-state index is 5.67. The van der Waals surface area contributed by atoms with Crippen molar-refractivity contribution in [2.75, 3.05) is 6.54 Å². The number of rotatable bonds is 6. The zero-order valence-electron chi connectivity index (χ0n) is 11.5. The van der Waals surface area contributed by atoms with E-state index in [-0.39, 0.29) is 0 Å². The Bertz CT molecular complexity index is 511. The van der Waals surface area contributed by atoms with E-state index in [1.165, 1.54) is 12.0 Å². The number of hydrogen-bond donors (Lipinski definition) is 1. The van der Waals surface area contributed by atoms with Crippen molar-refractivity contribution in [3.63, 3.8) is 0 Å². The molecule has 0 spiro atoms. The van der Waals surface area contributed by atoms with Crippen LogP contribution in [0.15, 0.2) is 29.1 Å². The van der Waals surface area contributed by atoms with Crippen molar-refractivity contribution in [1.82, 2.24) is 15.5 Å². The Balaban J connectivity index is 2.02. The molecule has 2 rings (SSSR count). The van der Waals surface area contributed by atoms with Gasteiger partial charge >= 0.3 is 0 Å². The summed E-state index contributed by atoms with van der Waals surface area (Å²) >= 11 is 0. The molecule has 0 aliphatic carbocycles. The summed E-state index contributed by atoms with van der Waals surface area (Å²) in [6.45, 7) is 7.56. The van der Waals surface area contributed by atoms with Crippen LogP contribution in [0.5, 0.6) is 5.75 Å². The van der Waals surface area contributed by atoms with Crippen LogP contribution in [0, 0.1) is 6.92 Å². The molecule has 19 heavy (non-hydrogen) atoms. The Morgan fingerprint density at radius 1 is 1.42 bits per heavy atom. The molecule has 0 radical (unpaired) electrons. The lowest BCUT2D eigenvalue weighted by molar-refractivity contribution is 0.284. The third kappa shape index (κ3) is 3.54. The van der Waals surface area contributed by atoms with Crippen molar-refractivity contribution >= 4 is 0 Å². The number of nitrogens with one attached hydrogen (secondary N) is 1. The molecular formula is C14H19N3O2. The summed E-state index contributed by atoms with van der Waals surface area (Å²) in [6.07, 6.45) is 1.30. The Hall–Kier alpha value is -1.88. The minimum atomic E-state index is 0.319. The van der Waals surface area contributed by atoms with E-state index in [9.17, 15) is 0 Å². The van der Waals surface area contributed by atoms with Crippen LogP contribution in [0.25, 0.3) is 0 Å². The largest absolute Gasteiger partial charge is 0.485 e. The molecule has 1 heterocycles. The zero-order chi connectivity index (χ0) is 13.7.